The summed E-state index contributed by atoms with van der Waals surface area (Å²) in [6.45, 7) is 4.85. The van der Waals surface area contributed by atoms with Gasteiger partial charge in [0.05, 0.1) is 22.1 Å². The Bertz CT molecular complexity index is 1070. The molecule has 0 aromatic carbocycles. The zero-order valence-electron chi connectivity index (χ0n) is 15.4. The molecule has 3 aromatic heterocycles. The first-order chi connectivity index (χ1) is 13.5. The maximum Gasteiger partial charge on any atom is 0.259 e. The number of aromatic amines is 1. The van der Waals surface area contributed by atoms with Crippen LogP contribution in [0.1, 0.15) is 40.8 Å². The van der Waals surface area contributed by atoms with Crippen LogP contribution in [0.15, 0.2) is 9.13 Å². The van der Waals surface area contributed by atoms with Gasteiger partial charge in [-0.05, 0) is 32.3 Å². The second-order valence-corrected chi connectivity index (χ2v) is 9.68. The van der Waals surface area contributed by atoms with Gasteiger partial charge in [0, 0.05) is 13.2 Å². The minimum Gasteiger partial charge on any atom is -0.376 e. The Morgan fingerprint density at radius 2 is 2.25 bits per heavy atom. The van der Waals surface area contributed by atoms with Crippen molar-refractivity contribution in [3.63, 3.8) is 0 Å². The van der Waals surface area contributed by atoms with Crippen LogP contribution in [-0.2, 0) is 10.5 Å². The van der Waals surface area contributed by atoms with Gasteiger partial charge in [0.25, 0.3) is 5.56 Å². The topological polar surface area (TPSA) is 110 Å². The fraction of sp³-hybridized carbons (Fsp3) is 0.471. The fourth-order valence-corrected chi connectivity index (χ4v) is 5.79. The second-order valence-electron chi connectivity index (χ2n) is 6.48. The van der Waals surface area contributed by atoms with Gasteiger partial charge in [0.2, 0.25) is 5.13 Å². The number of Topliss-reactive ketones (excluding diaryl/α,β-unsaturated/α-hetero) is 1. The summed E-state index contributed by atoms with van der Waals surface area (Å²) in [5.74, 6) is 0.980. The number of thiophene rings is 1. The molecule has 0 aliphatic carbocycles. The third-order valence-corrected chi connectivity index (χ3v) is 7.73. The first-order valence-corrected chi connectivity index (χ1v) is 11.5. The van der Waals surface area contributed by atoms with Gasteiger partial charge in [0.15, 0.2) is 10.1 Å². The SMILES string of the molecule is CC(=O)c1sc2nc(CSc3nnc(NCC4CCCO4)s3)[nH]c(=O)c2c1C. The number of H-pyrrole nitrogens is 1. The predicted molar refractivity (Wildman–Crippen MR) is 112 cm³/mol. The summed E-state index contributed by atoms with van der Waals surface area (Å²) >= 11 is 4.20. The largest absolute Gasteiger partial charge is 0.376 e. The average molecular weight is 438 g/mol. The van der Waals surface area contributed by atoms with Crippen LogP contribution in [0.25, 0.3) is 10.2 Å². The van der Waals surface area contributed by atoms with Gasteiger partial charge in [-0.2, -0.15) is 0 Å². The molecule has 0 saturated carbocycles. The molecule has 0 radical (unpaired) electrons. The predicted octanol–water partition coefficient (Wildman–Crippen LogP) is 3.23. The Labute approximate surface area is 173 Å². The molecule has 0 spiro atoms. The number of nitrogens with zero attached hydrogens (tertiary/aromatic N) is 3. The summed E-state index contributed by atoms with van der Waals surface area (Å²) in [5.41, 5.74) is 0.490. The van der Waals surface area contributed by atoms with Crippen molar-refractivity contribution < 1.29 is 9.53 Å². The van der Waals surface area contributed by atoms with Crippen LogP contribution < -0.4 is 10.9 Å². The second kappa shape index (κ2) is 8.27. The van der Waals surface area contributed by atoms with Gasteiger partial charge in [-0.3, -0.25) is 9.59 Å². The molecule has 11 heteroatoms. The minimum absolute atomic E-state index is 0.0484. The molecule has 1 fully saturated rings. The van der Waals surface area contributed by atoms with Crippen molar-refractivity contribution in [1.82, 2.24) is 20.2 Å². The standard InChI is InChI=1S/C17H19N5O3S3/c1-8-12-14(24)19-11(20-15(12)27-13(8)9(2)23)7-26-17-22-21-16(28-17)18-6-10-4-3-5-25-10/h10H,3-7H2,1-2H3,(H,18,21)(H,19,20,24). The van der Waals surface area contributed by atoms with Crippen LogP contribution in [0.2, 0.25) is 0 Å². The molecule has 0 amide bonds. The van der Waals surface area contributed by atoms with Crippen molar-refractivity contribution in [3.8, 4) is 0 Å². The maximum atomic E-state index is 12.4. The lowest BCUT2D eigenvalue weighted by Crippen LogP contribution is -2.18. The fourth-order valence-electron chi connectivity index (χ4n) is 3.07. The van der Waals surface area contributed by atoms with Crippen molar-refractivity contribution in [3.05, 3.63) is 26.6 Å². The lowest BCUT2D eigenvalue weighted by atomic mass is 10.2. The number of ether oxygens (including phenoxy) is 1. The van der Waals surface area contributed by atoms with Crippen molar-refractivity contribution in [2.24, 2.45) is 0 Å². The van der Waals surface area contributed by atoms with Crippen LogP contribution in [0.5, 0.6) is 0 Å². The Morgan fingerprint density at radius 1 is 1.39 bits per heavy atom. The van der Waals surface area contributed by atoms with Gasteiger partial charge >= 0.3 is 0 Å². The highest BCUT2D eigenvalue weighted by atomic mass is 32.2. The number of aromatic nitrogens is 4. The molecule has 0 bridgehead atoms. The van der Waals surface area contributed by atoms with E-state index >= 15 is 0 Å². The third-order valence-electron chi connectivity index (χ3n) is 4.41. The number of nitrogens with one attached hydrogen (secondary N) is 2. The lowest BCUT2D eigenvalue weighted by molar-refractivity contribution is 0.102. The summed E-state index contributed by atoms with van der Waals surface area (Å²) in [4.78, 5) is 32.7. The summed E-state index contributed by atoms with van der Waals surface area (Å²) in [6.07, 6.45) is 2.43. The molecule has 1 saturated heterocycles. The third kappa shape index (κ3) is 4.12. The zero-order valence-corrected chi connectivity index (χ0v) is 17.9. The first kappa shape index (κ1) is 19.5. The van der Waals surface area contributed by atoms with E-state index in [1.807, 2.05) is 0 Å². The monoisotopic (exact) mass is 437 g/mol. The van der Waals surface area contributed by atoms with Gasteiger partial charge in [-0.15, -0.1) is 21.5 Å². The van der Waals surface area contributed by atoms with Crippen molar-refractivity contribution in [2.45, 2.75) is 42.9 Å². The summed E-state index contributed by atoms with van der Waals surface area (Å²) in [5, 5.41) is 12.8. The molecule has 1 unspecified atom stereocenters. The number of anilines is 1. The maximum absolute atomic E-state index is 12.4. The zero-order chi connectivity index (χ0) is 19.7. The lowest BCUT2D eigenvalue weighted by Gasteiger charge is -2.08. The molecular weight excluding hydrogens is 418 g/mol. The van der Waals surface area contributed by atoms with Crippen LogP contribution in [0, 0.1) is 6.92 Å². The number of carbonyl (C=O) groups is 1. The Morgan fingerprint density at radius 3 is 3.00 bits per heavy atom. The smallest absolute Gasteiger partial charge is 0.259 e. The van der Waals surface area contributed by atoms with E-state index < -0.39 is 0 Å². The molecular formula is C17H19N5O3S3. The van der Waals surface area contributed by atoms with E-state index in [1.165, 1.54) is 41.4 Å². The van der Waals surface area contributed by atoms with Gasteiger partial charge < -0.3 is 15.0 Å². The molecule has 8 nitrogen and oxygen atoms in total. The Hall–Kier alpha value is -1.82. The van der Waals surface area contributed by atoms with E-state index in [4.69, 9.17) is 4.74 Å². The van der Waals surface area contributed by atoms with E-state index in [0.717, 1.165) is 35.5 Å². The van der Waals surface area contributed by atoms with Gasteiger partial charge in [-0.25, -0.2) is 4.98 Å². The molecule has 4 heterocycles. The highest BCUT2D eigenvalue weighted by molar-refractivity contribution is 8.00. The minimum atomic E-state index is -0.210. The molecule has 1 atom stereocenters. The van der Waals surface area contributed by atoms with Gasteiger partial charge in [-0.1, -0.05) is 23.1 Å². The van der Waals surface area contributed by atoms with Crippen LogP contribution >= 0.6 is 34.4 Å². The molecule has 2 N–H and O–H groups in total. The van der Waals surface area contributed by atoms with E-state index in [9.17, 15) is 9.59 Å². The number of hydrogen-bond acceptors (Lipinski definition) is 10. The highest BCUT2D eigenvalue weighted by Gasteiger charge is 2.18. The molecule has 28 heavy (non-hydrogen) atoms. The number of carbonyl (C=O) groups excluding carboxylic acids is 1. The van der Waals surface area contributed by atoms with Crippen molar-refractivity contribution >= 4 is 55.6 Å². The van der Waals surface area contributed by atoms with Crippen molar-refractivity contribution in [1.29, 1.82) is 0 Å². The quantitative estimate of drug-likeness (QED) is 0.428. The number of rotatable bonds is 7. The number of hydrogen-bond donors (Lipinski definition) is 2. The van der Waals surface area contributed by atoms with Crippen LogP contribution in [-0.4, -0.2) is 45.2 Å². The van der Waals surface area contributed by atoms with E-state index in [2.05, 4.69) is 25.5 Å². The number of thioether (sulfide) groups is 1. The van der Waals surface area contributed by atoms with E-state index in [0.29, 0.717) is 32.2 Å². The molecule has 4 rings (SSSR count). The molecule has 148 valence electrons. The normalized spacial score (nSPS) is 16.7. The molecule has 1 aliphatic rings. The summed E-state index contributed by atoms with van der Waals surface area (Å²) in [7, 11) is 0. The van der Waals surface area contributed by atoms with E-state index in [1.54, 1.807) is 6.92 Å². The van der Waals surface area contributed by atoms with Crippen molar-refractivity contribution in [2.75, 3.05) is 18.5 Å². The van der Waals surface area contributed by atoms with Crippen LogP contribution in [0.3, 0.4) is 0 Å². The average Bonchev–Trinajstić information content (AvgIpc) is 3.38. The molecule has 1 aliphatic heterocycles. The number of aryl methyl sites for hydroxylation is 1. The summed E-state index contributed by atoms with van der Waals surface area (Å²) < 4.78 is 6.38. The highest BCUT2D eigenvalue weighted by Crippen LogP contribution is 2.30. The van der Waals surface area contributed by atoms with E-state index in [-0.39, 0.29) is 17.4 Å². The summed E-state index contributed by atoms with van der Waals surface area (Å²) in [6, 6.07) is 0. The Balaban J connectivity index is 1.42. The Kier molecular flexibility index (Phi) is 5.76. The number of ketones is 1. The first-order valence-electron chi connectivity index (χ1n) is 8.86. The van der Waals surface area contributed by atoms with Gasteiger partial charge in [0.1, 0.15) is 10.7 Å². The molecule has 3 aromatic rings. The van der Waals surface area contributed by atoms with Crippen LogP contribution in [0.4, 0.5) is 5.13 Å². The number of fused-ring (bicyclic) bond motifs is 1.